The Labute approximate surface area is 128 Å². The van der Waals surface area contributed by atoms with Crippen LogP contribution in [0, 0.1) is 11.8 Å². The fourth-order valence-electron chi connectivity index (χ4n) is 3.55. The van der Waals surface area contributed by atoms with Gasteiger partial charge in [0.1, 0.15) is 0 Å². The molecule has 114 valence electrons. The number of aromatic nitrogens is 2. The van der Waals surface area contributed by atoms with E-state index >= 15 is 0 Å². The summed E-state index contributed by atoms with van der Waals surface area (Å²) >= 11 is 6.44. The molecule has 1 N–H and O–H groups in total. The van der Waals surface area contributed by atoms with E-state index in [0.29, 0.717) is 18.0 Å². The van der Waals surface area contributed by atoms with E-state index in [0.717, 1.165) is 17.5 Å². The predicted molar refractivity (Wildman–Crippen MR) is 85.2 cm³/mol. The molecule has 4 heteroatoms. The topological polar surface area (TPSA) is 29.9 Å². The van der Waals surface area contributed by atoms with Crippen LogP contribution < -0.4 is 5.32 Å². The first kappa shape index (κ1) is 15.8. The molecule has 0 saturated heterocycles. The summed E-state index contributed by atoms with van der Waals surface area (Å²) in [5.74, 6) is 1.57. The van der Waals surface area contributed by atoms with Crippen LogP contribution in [-0.2, 0) is 0 Å². The molecule has 0 spiro atoms. The lowest BCUT2D eigenvalue weighted by Gasteiger charge is -2.27. The van der Waals surface area contributed by atoms with Gasteiger partial charge in [-0.3, -0.25) is 4.68 Å². The van der Waals surface area contributed by atoms with Crippen molar-refractivity contribution >= 4 is 11.6 Å². The third-order valence-electron chi connectivity index (χ3n) is 4.63. The maximum atomic E-state index is 6.44. The van der Waals surface area contributed by atoms with Crippen molar-refractivity contribution in [2.24, 2.45) is 11.8 Å². The minimum absolute atomic E-state index is 0.342. The largest absolute Gasteiger partial charge is 0.309 e. The van der Waals surface area contributed by atoms with Gasteiger partial charge in [-0.05, 0) is 45.1 Å². The molecule has 3 nitrogen and oxygen atoms in total. The third kappa shape index (κ3) is 3.20. The molecule has 0 aliphatic heterocycles. The average Bonchev–Trinajstić information content (AvgIpc) is 3.02. The standard InChI is InChI=1S/C16H28ClN3/c1-5-12-7-8-13(9-12)15(18-6-2)16-14(17)10-19-20(16)11(3)4/h10-13,15,18H,5-9H2,1-4H3. The number of nitrogens with zero attached hydrogens (tertiary/aromatic N) is 2. The average molecular weight is 298 g/mol. The Morgan fingerprint density at radius 1 is 1.40 bits per heavy atom. The summed E-state index contributed by atoms with van der Waals surface area (Å²) in [7, 11) is 0. The first-order valence-corrected chi connectivity index (χ1v) is 8.42. The Hall–Kier alpha value is -0.540. The van der Waals surface area contributed by atoms with Crippen LogP contribution in [0.3, 0.4) is 0 Å². The highest BCUT2D eigenvalue weighted by Crippen LogP contribution is 2.42. The highest BCUT2D eigenvalue weighted by atomic mass is 35.5. The lowest BCUT2D eigenvalue weighted by Crippen LogP contribution is -2.30. The van der Waals surface area contributed by atoms with E-state index in [1.807, 2.05) is 0 Å². The molecule has 0 aromatic carbocycles. The van der Waals surface area contributed by atoms with Gasteiger partial charge in [-0.25, -0.2) is 0 Å². The van der Waals surface area contributed by atoms with E-state index in [1.54, 1.807) is 6.20 Å². The molecule has 3 atom stereocenters. The van der Waals surface area contributed by atoms with Crippen LogP contribution in [0.25, 0.3) is 0 Å². The summed E-state index contributed by atoms with van der Waals surface area (Å²) < 4.78 is 2.09. The Morgan fingerprint density at radius 2 is 2.15 bits per heavy atom. The molecule has 2 rings (SSSR count). The fourth-order valence-corrected chi connectivity index (χ4v) is 3.79. The van der Waals surface area contributed by atoms with Gasteiger partial charge in [0.15, 0.2) is 0 Å². The second kappa shape index (κ2) is 6.95. The van der Waals surface area contributed by atoms with Crippen molar-refractivity contribution in [2.45, 2.75) is 65.5 Å². The van der Waals surface area contributed by atoms with Crippen molar-refractivity contribution in [1.29, 1.82) is 0 Å². The summed E-state index contributed by atoms with van der Waals surface area (Å²) in [4.78, 5) is 0. The van der Waals surface area contributed by atoms with Gasteiger partial charge in [-0.2, -0.15) is 5.10 Å². The monoisotopic (exact) mass is 297 g/mol. The fraction of sp³-hybridized carbons (Fsp3) is 0.812. The zero-order valence-corrected chi connectivity index (χ0v) is 14.0. The third-order valence-corrected chi connectivity index (χ3v) is 4.92. The second-order valence-electron chi connectivity index (χ2n) is 6.30. The Morgan fingerprint density at radius 3 is 2.70 bits per heavy atom. The first-order chi connectivity index (χ1) is 9.58. The van der Waals surface area contributed by atoms with Gasteiger partial charge in [0.25, 0.3) is 0 Å². The Kier molecular flexibility index (Phi) is 5.50. The molecule has 1 aromatic rings. The van der Waals surface area contributed by atoms with E-state index < -0.39 is 0 Å². The first-order valence-electron chi connectivity index (χ1n) is 8.04. The maximum Gasteiger partial charge on any atom is 0.0834 e. The number of hydrogen-bond acceptors (Lipinski definition) is 2. The van der Waals surface area contributed by atoms with Gasteiger partial charge in [0.05, 0.1) is 23.0 Å². The van der Waals surface area contributed by atoms with Crippen LogP contribution in [0.15, 0.2) is 6.20 Å². The van der Waals surface area contributed by atoms with E-state index in [-0.39, 0.29) is 0 Å². The molecule has 1 aliphatic rings. The quantitative estimate of drug-likeness (QED) is 0.832. The normalized spacial score (nSPS) is 24.5. The zero-order valence-electron chi connectivity index (χ0n) is 13.2. The van der Waals surface area contributed by atoms with E-state index in [1.165, 1.54) is 31.4 Å². The molecule has 1 fully saturated rings. The second-order valence-corrected chi connectivity index (χ2v) is 6.71. The smallest absolute Gasteiger partial charge is 0.0834 e. The van der Waals surface area contributed by atoms with Crippen molar-refractivity contribution in [3.05, 3.63) is 16.9 Å². The van der Waals surface area contributed by atoms with E-state index in [9.17, 15) is 0 Å². The molecule has 1 aliphatic carbocycles. The molecule has 0 bridgehead atoms. The van der Waals surface area contributed by atoms with Gasteiger partial charge < -0.3 is 5.32 Å². The number of nitrogens with one attached hydrogen (secondary N) is 1. The lowest BCUT2D eigenvalue weighted by molar-refractivity contribution is 0.332. The van der Waals surface area contributed by atoms with Crippen LogP contribution in [0.2, 0.25) is 5.02 Å². The van der Waals surface area contributed by atoms with Crippen molar-refractivity contribution < 1.29 is 0 Å². The van der Waals surface area contributed by atoms with Crippen molar-refractivity contribution in [1.82, 2.24) is 15.1 Å². The van der Waals surface area contributed by atoms with Gasteiger partial charge in [-0.15, -0.1) is 0 Å². The van der Waals surface area contributed by atoms with Crippen LogP contribution >= 0.6 is 11.6 Å². The zero-order chi connectivity index (χ0) is 14.7. The summed E-state index contributed by atoms with van der Waals surface area (Å²) in [6.45, 7) is 9.78. The molecule has 1 saturated carbocycles. The summed E-state index contributed by atoms with van der Waals surface area (Å²) in [6.07, 6.45) is 7.07. The van der Waals surface area contributed by atoms with Crippen molar-refractivity contribution in [3.63, 3.8) is 0 Å². The van der Waals surface area contributed by atoms with Crippen LogP contribution in [-0.4, -0.2) is 16.3 Å². The molecular weight excluding hydrogens is 270 g/mol. The lowest BCUT2D eigenvalue weighted by atomic mass is 9.93. The summed E-state index contributed by atoms with van der Waals surface area (Å²) in [5, 5.41) is 8.95. The number of hydrogen-bond donors (Lipinski definition) is 1. The Balaban J connectivity index is 2.27. The van der Waals surface area contributed by atoms with Crippen LogP contribution in [0.5, 0.6) is 0 Å². The van der Waals surface area contributed by atoms with Crippen molar-refractivity contribution in [3.8, 4) is 0 Å². The van der Waals surface area contributed by atoms with Gasteiger partial charge >= 0.3 is 0 Å². The van der Waals surface area contributed by atoms with E-state index in [4.69, 9.17) is 11.6 Å². The minimum Gasteiger partial charge on any atom is -0.309 e. The predicted octanol–water partition coefficient (Wildman–Crippen LogP) is 4.59. The molecule has 3 unspecified atom stereocenters. The summed E-state index contributed by atoms with van der Waals surface area (Å²) in [5.41, 5.74) is 1.19. The summed E-state index contributed by atoms with van der Waals surface area (Å²) in [6, 6.07) is 0.691. The van der Waals surface area contributed by atoms with Crippen molar-refractivity contribution in [2.75, 3.05) is 6.54 Å². The molecule has 1 aromatic heterocycles. The van der Waals surface area contributed by atoms with Gasteiger partial charge in [0.2, 0.25) is 0 Å². The molecule has 0 amide bonds. The molecule has 1 heterocycles. The number of rotatable bonds is 6. The molecule has 0 radical (unpaired) electrons. The van der Waals surface area contributed by atoms with E-state index in [2.05, 4.69) is 42.8 Å². The van der Waals surface area contributed by atoms with Crippen LogP contribution in [0.4, 0.5) is 0 Å². The SMILES string of the molecule is CCNC(c1c(Cl)cnn1C(C)C)C1CCC(CC)C1. The number of halogens is 1. The molecule has 20 heavy (non-hydrogen) atoms. The molecular formula is C16H28ClN3. The minimum atomic E-state index is 0.342. The van der Waals surface area contributed by atoms with Gasteiger partial charge in [-0.1, -0.05) is 38.3 Å². The highest BCUT2D eigenvalue weighted by molar-refractivity contribution is 6.31. The van der Waals surface area contributed by atoms with Gasteiger partial charge in [0, 0.05) is 6.04 Å². The maximum absolute atomic E-state index is 6.44. The van der Waals surface area contributed by atoms with Crippen LogP contribution in [0.1, 0.15) is 71.2 Å². The Bertz CT molecular complexity index is 427. The highest BCUT2D eigenvalue weighted by Gasteiger charge is 2.33.